The Morgan fingerprint density at radius 1 is 1.23 bits per heavy atom. The van der Waals surface area contributed by atoms with Crippen molar-refractivity contribution in [3.05, 3.63) is 70.3 Å². The SMILES string of the molecule is C#Cc1ccc(C2(C)CC(OC(C)=O)CC(CC)O2)cc1Cc1ccc(C2CC2)cc1. The predicted molar refractivity (Wildman–Crippen MR) is 123 cm³/mol. The first-order valence-electron chi connectivity index (χ1n) is 11.4. The van der Waals surface area contributed by atoms with Gasteiger partial charge in [0.1, 0.15) is 6.10 Å². The largest absolute Gasteiger partial charge is 0.462 e. The summed E-state index contributed by atoms with van der Waals surface area (Å²) in [5.41, 5.74) is 5.32. The van der Waals surface area contributed by atoms with E-state index in [-0.39, 0.29) is 18.2 Å². The minimum atomic E-state index is -0.517. The second-order valence-corrected chi connectivity index (χ2v) is 9.26. The van der Waals surface area contributed by atoms with E-state index in [1.54, 1.807) is 0 Å². The Hall–Kier alpha value is -2.57. The average Bonchev–Trinajstić information content (AvgIpc) is 3.59. The van der Waals surface area contributed by atoms with E-state index in [0.717, 1.165) is 41.9 Å². The van der Waals surface area contributed by atoms with Crippen LogP contribution >= 0.6 is 0 Å². The van der Waals surface area contributed by atoms with E-state index in [4.69, 9.17) is 15.9 Å². The van der Waals surface area contributed by atoms with E-state index in [9.17, 15) is 4.79 Å². The van der Waals surface area contributed by atoms with Crippen LogP contribution in [0.3, 0.4) is 0 Å². The summed E-state index contributed by atoms with van der Waals surface area (Å²) in [7, 11) is 0. The van der Waals surface area contributed by atoms with Gasteiger partial charge in [0.15, 0.2) is 0 Å². The number of carbonyl (C=O) groups is 1. The number of hydrogen-bond donors (Lipinski definition) is 0. The Kier molecular flexibility index (Phi) is 6.21. The summed E-state index contributed by atoms with van der Waals surface area (Å²) in [4.78, 5) is 11.6. The highest BCUT2D eigenvalue weighted by atomic mass is 16.6. The molecular formula is C28H32O3. The molecule has 2 fully saturated rings. The summed E-state index contributed by atoms with van der Waals surface area (Å²) in [5.74, 6) is 3.37. The Morgan fingerprint density at radius 2 is 1.97 bits per heavy atom. The summed E-state index contributed by atoms with van der Waals surface area (Å²) in [6.07, 6.45) is 11.4. The Labute approximate surface area is 186 Å². The number of terminal acetylenes is 1. The third kappa shape index (κ3) is 5.02. The summed E-state index contributed by atoms with van der Waals surface area (Å²) < 4.78 is 12.1. The number of carbonyl (C=O) groups excluding carboxylic acids is 1. The highest BCUT2D eigenvalue weighted by Gasteiger charge is 2.40. The minimum Gasteiger partial charge on any atom is -0.462 e. The molecule has 3 heteroatoms. The van der Waals surface area contributed by atoms with Crippen molar-refractivity contribution >= 4 is 5.97 Å². The first kappa shape index (κ1) is 21.7. The highest BCUT2D eigenvalue weighted by Crippen LogP contribution is 2.41. The summed E-state index contributed by atoms with van der Waals surface area (Å²) in [6.45, 7) is 5.69. The molecule has 4 rings (SSSR count). The van der Waals surface area contributed by atoms with E-state index in [1.165, 1.54) is 30.9 Å². The van der Waals surface area contributed by atoms with Gasteiger partial charge < -0.3 is 9.47 Å². The zero-order valence-corrected chi connectivity index (χ0v) is 18.8. The number of rotatable bonds is 6. The zero-order valence-electron chi connectivity index (χ0n) is 18.8. The van der Waals surface area contributed by atoms with Crippen LogP contribution in [0.4, 0.5) is 0 Å². The number of ether oxygens (including phenoxy) is 2. The normalized spacial score (nSPS) is 25.6. The quantitative estimate of drug-likeness (QED) is 0.436. The van der Waals surface area contributed by atoms with Gasteiger partial charge >= 0.3 is 5.97 Å². The molecule has 2 aromatic rings. The Balaban J connectivity index is 1.60. The molecular weight excluding hydrogens is 384 g/mol. The third-order valence-corrected chi connectivity index (χ3v) is 6.65. The van der Waals surface area contributed by atoms with Crippen LogP contribution in [0.15, 0.2) is 42.5 Å². The molecule has 1 aliphatic carbocycles. The monoisotopic (exact) mass is 416 g/mol. The number of esters is 1. The lowest BCUT2D eigenvalue weighted by molar-refractivity contribution is -0.181. The van der Waals surface area contributed by atoms with Gasteiger partial charge in [0.05, 0.1) is 11.7 Å². The Bertz CT molecular complexity index is 980. The van der Waals surface area contributed by atoms with E-state index in [2.05, 4.69) is 56.2 Å². The molecule has 2 aromatic carbocycles. The molecule has 0 radical (unpaired) electrons. The van der Waals surface area contributed by atoms with Crippen molar-refractivity contribution in [1.29, 1.82) is 0 Å². The second-order valence-electron chi connectivity index (χ2n) is 9.26. The first-order valence-corrected chi connectivity index (χ1v) is 11.4. The van der Waals surface area contributed by atoms with Gasteiger partial charge in [0, 0.05) is 25.3 Å². The fraction of sp³-hybridized carbons (Fsp3) is 0.464. The van der Waals surface area contributed by atoms with Crippen LogP contribution in [0.5, 0.6) is 0 Å². The molecule has 0 N–H and O–H groups in total. The maximum absolute atomic E-state index is 11.6. The fourth-order valence-electron chi connectivity index (χ4n) is 4.79. The van der Waals surface area contributed by atoms with Crippen LogP contribution in [0, 0.1) is 12.3 Å². The summed E-state index contributed by atoms with van der Waals surface area (Å²) >= 11 is 0. The van der Waals surface area contributed by atoms with Crippen molar-refractivity contribution in [2.75, 3.05) is 0 Å². The molecule has 2 aliphatic rings. The minimum absolute atomic E-state index is 0.0637. The molecule has 162 valence electrons. The molecule has 3 atom stereocenters. The van der Waals surface area contributed by atoms with Crippen LogP contribution in [-0.2, 0) is 26.3 Å². The summed E-state index contributed by atoms with van der Waals surface area (Å²) in [5, 5.41) is 0. The van der Waals surface area contributed by atoms with E-state index in [0.29, 0.717) is 6.42 Å². The lowest BCUT2D eigenvalue weighted by Crippen LogP contribution is -2.43. The Morgan fingerprint density at radius 3 is 2.58 bits per heavy atom. The summed E-state index contributed by atoms with van der Waals surface area (Å²) in [6, 6.07) is 15.2. The average molecular weight is 417 g/mol. The van der Waals surface area contributed by atoms with Crippen molar-refractivity contribution in [2.45, 2.75) is 83.0 Å². The van der Waals surface area contributed by atoms with Gasteiger partial charge in [0.2, 0.25) is 0 Å². The fourth-order valence-corrected chi connectivity index (χ4v) is 4.79. The molecule has 1 aliphatic heterocycles. The van der Waals surface area contributed by atoms with Crippen LogP contribution in [0.1, 0.15) is 86.6 Å². The molecule has 1 heterocycles. The van der Waals surface area contributed by atoms with Gasteiger partial charge in [-0.05, 0) is 66.8 Å². The van der Waals surface area contributed by atoms with E-state index >= 15 is 0 Å². The maximum Gasteiger partial charge on any atom is 0.302 e. The van der Waals surface area contributed by atoms with Crippen LogP contribution < -0.4 is 0 Å². The molecule has 0 bridgehead atoms. The maximum atomic E-state index is 11.6. The smallest absolute Gasteiger partial charge is 0.302 e. The standard InChI is InChI=1S/C28H32O3/c1-5-21-13-14-25(28(4)18-27(30-19(3)29)17-26(6-2)31-28)16-24(21)15-20-7-9-22(10-8-20)23-11-12-23/h1,7-10,13-14,16,23,26-27H,6,11-12,15,17-18H2,2-4H3. The van der Waals surface area contributed by atoms with E-state index in [1.807, 2.05) is 6.07 Å². The van der Waals surface area contributed by atoms with Crippen molar-refractivity contribution in [1.82, 2.24) is 0 Å². The van der Waals surface area contributed by atoms with Crippen LogP contribution in [0.2, 0.25) is 0 Å². The van der Waals surface area contributed by atoms with Crippen molar-refractivity contribution in [2.24, 2.45) is 0 Å². The molecule has 3 unspecified atom stereocenters. The van der Waals surface area contributed by atoms with Gasteiger partial charge in [-0.25, -0.2) is 0 Å². The molecule has 31 heavy (non-hydrogen) atoms. The van der Waals surface area contributed by atoms with Crippen molar-refractivity contribution in [3.8, 4) is 12.3 Å². The van der Waals surface area contributed by atoms with Crippen molar-refractivity contribution in [3.63, 3.8) is 0 Å². The van der Waals surface area contributed by atoms with Gasteiger partial charge in [0.25, 0.3) is 0 Å². The van der Waals surface area contributed by atoms with Gasteiger partial charge in [-0.1, -0.05) is 49.2 Å². The lowest BCUT2D eigenvalue weighted by atomic mass is 9.82. The van der Waals surface area contributed by atoms with Gasteiger partial charge in [-0.15, -0.1) is 6.42 Å². The topological polar surface area (TPSA) is 35.5 Å². The van der Waals surface area contributed by atoms with Crippen molar-refractivity contribution < 1.29 is 14.3 Å². The molecule has 1 saturated carbocycles. The predicted octanol–water partition coefficient (Wildman–Crippen LogP) is 5.87. The van der Waals surface area contributed by atoms with Crippen LogP contribution in [0.25, 0.3) is 0 Å². The first-order chi connectivity index (χ1) is 14.9. The molecule has 0 amide bonds. The van der Waals surface area contributed by atoms with Crippen LogP contribution in [-0.4, -0.2) is 18.2 Å². The molecule has 0 aromatic heterocycles. The lowest BCUT2D eigenvalue weighted by Gasteiger charge is -2.42. The third-order valence-electron chi connectivity index (χ3n) is 6.65. The number of benzene rings is 2. The second kappa shape index (κ2) is 8.89. The van der Waals surface area contributed by atoms with E-state index < -0.39 is 5.60 Å². The molecule has 0 spiro atoms. The number of hydrogen-bond acceptors (Lipinski definition) is 3. The zero-order chi connectivity index (χ0) is 22.0. The molecule has 1 saturated heterocycles. The molecule has 3 nitrogen and oxygen atoms in total. The van der Waals surface area contributed by atoms with Gasteiger partial charge in [-0.3, -0.25) is 4.79 Å². The highest BCUT2D eigenvalue weighted by molar-refractivity contribution is 5.66. The van der Waals surface area contributed by atoms with Gasteiger partial charge in [-0.2, -0.15) is 0 Å².